The van der Waals surface area contributed by atoms with Crippen LogP contribution in [0.15, 0.2) is 35.3 Å². The number of carboxylic acids is 1. The second-order valence-corrected chi connectivity index (χ2v) is 4.21. The lowest BCUT2D eigenvalue weighted by Crippen LogP contribution is -2.15. The molecular weight excluding hydrogens is 260 g/mol. The summed E-state index contributed by atoms with van der Waals surface area (Å²) in [7, 11) is 1.58. The lowest BCUT2D eigenvalue weighted by Gasteiger charge is -2.04. The molecule has 0 saturated heterocycles. The number of benzene rings is 1. The maximum absolute atomic E-state index is 11.8. The van der Waals surface area contributed by atoms with E-state index >= 15 is 0 Å². The maximum Gasteiger partial charge on any atom is 0.303 e. The summed E-state index contributed by atoms with van der Waals surface area (Å²) in [6.45, 7) is 0. The molecule has 2 rings (SSSR count). The topological polar surface area (TPSA) is 92.3 Å². The maximum atomic E-state index is 11.8. The normalized spacial score (nSPS) is 10.2. The predicted octanol–water partition coefficient (Wildman–Crippen LogP) is 1.46. The van der Waals surface area contributed by atoms with Crippen molar-refractivity contribution in [1.29, 1.82) is 0 Å². The van der Waals surface area contributed by atoms with Gasteiger partial charge >= 0.3 is 5.97 Å². The van der Waals surface area contributed by atoms with Crippen LogP contribution in [-0.2, 0) is 11.2 Å². The minimum absolute atomic E-state index is 0.0906. The van der Waals surface area contributed by atoms with Crippen LogP contribution in [0.2, 0.25) is 0 Å². The molecule has 0 spiro atoms. The molecule has 0 aliphatic carbocycles. The van der Waals surface area contributed by atoms with Gasteiger partial charge in [-0.1, -0.05) is 0 Å². The molecule has 0 atom stereocenters. The van der Waals surface area contributed by atoms with Gasteiger partial charge in [0.2, 0.25) is 0 Å². The first-order valence-electron chi connectivity index (χ1n) is 6.04. The van der Waals surface area contributed by atoms with E-state index in [4.69, 9.17) is 9.84 Å². The van der Waals surface area contributed by atoms with Gasteiger partial charge < -0.3 is 14.8 Å². The van der Waals surface area contributed by atoms with E-state index in [-0.39, 0.29) is 18.4 Å². The Labute approximate surface area is 115 Å². The van der Waals surface area contributed by atoms with Gasteiger partial charge in [-0.3, -0.25) is 9.59 Å². The highest BCUT2D eigenvalue weighted by molar-refractivity contribution is 5.67. The Balaban J connectivity index is 2.23. The largest absolute Gasteiger partial charge is 0.497 e. The third kappa shape index (κ3) is 3.23. The number of carbonyl (C=O) groups is 1. The van der Waals surface area contributed by atoms with Gasteiger partial charge in [-0.2, -0.15) is 0 Å². The van der Waals surface area contributed by atoms with Gasteiger partial charge in [0.05, 0.1) is 7.11 Å². The SMILES string of the molecule is COc1ccc(-c2ncc(CCC(=O)O)c(=O)[nH]2)cc1. The number of nitrogens with zero attached hydrogens (tertiary/aromatic N) is 1. The Hall–Kier alpha value is -2.63. The van der Waals surface area contributed by atoms with Gasteiger partial charge in [0.1, 0.15) is 11.6 Å². The summed E-state index contributed by atoms with van der Waals surface area (Å²) in [5.74, 6) is 0.217. The summed E-state index contributed by atoms with van der Waals surface area (Å²) in [5, 5.41) is 8.60. The second-order valence-electron chi connectivity index (χ2n) is 4.21. The molecule has 0 saturated carbocycles. The molecule has 0 amide bonds. The van der Waals surface area contributed by atoms with Crippen molar-refractivity contribution < 1.29 is 14.6 Å². The number of hydrogen-bond donors (Lipinski definition) is 2. The zero-order valence-electron chi connectivity index (χ0n) is 10.9. The summed E-state index contributed by atoms with van der Waals surface area (Å²) in [6, 6.07) is 7.11. The molecule has 0 aliphatic rings. The Morgan fingerprint density at radius 2 is 2.05 bits per heavy atom. The van der Waals surface area contributed by atoms with Crippen LogP contribution in [-0.4, -0.2) is 28.2 Å². The fraction of sp³-hybridized carbons (Fsp3) is 0.214. The Morgan fingerprint density at radius 1 is 1.35 bits per heavy atom. The van der Waals surface area contributed by atoms with Gasteiger partial charge in [0, 0.05) is 23.7 Å². The number of aliphatic carboxylic acids is 1. The van der Waals surface area contributed by atoms with E-state index in [0.29, 0.717) is 17.1 Å². The smallest absolute Gasteiger partial charge is 0.303 e. The van der Waals surface area contributed by atoms with E-state index in [9.17, 15) is 9.59 Å². The molecule has 0 unspecified atom stereocenters. The van der Waals surface area contributed by atoms with Crippen LogP contribution >= 0.6 is 0 Å². The summed E-state index contributed by atoms with van der Waals surface area (Å²) in [4.78, 5) is 29.1. The standard InChI is InChI=1S/C14H14N2O4/c1-20-11-5-2-9(3-6-11)13-15-8-10(14(19)16-13)4-7-12(17)18/h2-3,5-6,8H,4,7H2,1H3,(H,17,18)(H,15,16,19). The number of nitrogens with one attached hydrogen (secondary N) is 1. The Kier molecular flexibility index (Phi) is 4.14. The summed E-state index contributed by atoms with van der Waals surface area (Å²) < 4.78 is 5.05. The molecule has 104 valence electrons. The highest BCUT2D eigenvalue weighted by atomic mass is 16.5. The molecule has 0 fully saturated rings. The zero-order chi connectivity index (χ0) is 14.5. The molecule has 1 heterocycles. The highest BCUT2D eigenvalue weighted by Crippen LogP contribution is 2.18. The predicted molar refractivity (Wildman–Crippen MR) is 72.8 cm³/mol. The lowest BCUT2D eigenvalue weighted by atomic mass is 10.1. The molecule has 0 aliphatic heterocycles. The van der Waals surface area contributed by atoms with Crippen molar-refractivity contribution in [1.82, 2.24) is 9.97 Å². The second kappa shape index (κ2) is 6.01. The number of aromatic amines is 1. The van der Waals surface area contributed by atoms with Crippen LogP contribution in [0.3, 0.4) is 0 Å². The first kappa shape index (κ1) is 13.8. The molecule has 0 radical (unpaired) electrons. The van der Waals surface area contributed by atoms with Crippen LogP contribution < -0.4 is 10.3 Å². The molecule has 0 bridgehead atoms. The van der Waals surface area contributed by atoms with Crippen LogP contribution in [0.4, 0.5) is 0 Å². The van der Waals surface area contributed by atoms with Crippen LogP contribution in [0.5, 0.6) is 5.75 Å². The highest BCUT2D eigenvalue weighted by Gasteiger charge is 2.07. The van der Waals surface area contributed by atoms with Gasteiger partial charge in [0.15, 0.2) is 0 Å². The first-order valence-corrected chi connectivity index (χ1v) is 6.04. The molecule has 2 aromatic rings. The minimum atomic E-state index is -0.941. The van der Waals surface area contributed by atoms with Gasteiger partial charge in [-0.25, -0.2) is 4.98 Å². The fourth-order valence-corrected chi connectivity index (χ4v) is 1.74. The Morgan fingerprint density at radius 3 is 2.60 bits per heavy atom. The van der Waals surface area contributed by atoms with E-state index < -0.39 is 5.97 Å². The molecular formula is C14H14N2O4. The van der Waals surface area contributed by atoms with Gasteiger partial charge in [0.25, 0.3) is 5.56 Å². The average molecular weight is 274 g/mol. The van der Waals surface area contributed by atoms with Crippen molar-refractivity contribution in [3.05, 3.63) is 46.4 Å². The Bertz CT molecular complexity index is 662. The minimum Gasteiger partial charge on any atom is -0.497 e. The van der Waals surface area contributed by atoms with Crippen molar-refractivity contribution >= 4 is 5.97 Å². The summed E-state index contributed by atoms with van der Waals surface area (Å²) in [5.41, 5.74) is 0.810. The lowest BCUT2D eigenvalue weighted by molar-refractivity contribution is -0.136. The zero-order valence-corrected chi connectivity index (χ0v) is 10.9. The monoisotopic (exact) mass is 274 g/mol. The van der Waals surface area contributed by atoms with E-state index in [1.54, 1.807) is 31.4 Å². The molecule has 6 nitrogen and oxygen atoms in total. The number of aromatic nitrogens is 2. The number of methoxy groups -OCH3 is 1. The number of carboxylic acid groups (broad SMARTS) is 1. The molecule has 1 aromatic carbocycles. The molecule has 1 aromatic heterocycles. The van der Waals surface area contributed by atoms with Crippen molar-refractivity contribution in [2.75, 3.05) is 7.11 Å². The third-order valence-corrected chi connectivity index (χ3v) is 2.84. The van der Waals surface area contributed by atoms with E-state index in [1.165, 1.54) is 6.20 Å². The molecule has 2 N–H and O–H groups in total. The van der Waals surface area contributed by atoms with Gasteiger partial charge in [-0.05, 0) is 30.7 Å². The summed E-state index contributed by atoms with van der Waals surface area (Å²) >= 11 is 0. The first-order chi connectivity index (χ1) is 9.60. The number of ether oxygens (including phenoxy) is 1. The van der Waals surface area contributed by atoms with E-state index in [2.05, 4.69) is 9.97 Å². The quantitative estimate of drug-likeness (QED) is 0.861. The third-order valence-electron chi connectivity index (χ3n) is 2.84. The van der Waals surface area contributed by atoms with Crippen LogP contribution in [0.25, 0.3) is 11.4 Å². The summed E-state index contributed by atoms with van der Waals surface area (Å²) in [6.07, 6.45) is 1.49. The van der Waals surface area contributed by atoms with Crippen LogP contribution in [0, 0.1) is 0 Å². The van der Waals surface area contributed by atoms with Crippen molar-refractivity contribution in [3.8, 4) is 17.1 Å². The number of hydrogen-bond acceptors (Lipinski definition) is 4. The van der Waals surface area contributed by atoms with Crippen molar-refractivity contribution in [2.45, 2.75) is 12.8 Å². The van der Waals surface area contributed by atoms with Crippen molar-refractivity contribution in [3.63, 3.8) is 0 Å². The average Bonchev–Trinajstić information content (AvgIpc) is 2.46. The molecule has 6 heteroatoms. The number of rotatable bonds is 5. The molecule has 20 heavy (non-hydrogen) atoms. The number of aryl methyl sites for hydroxylation is 1. The van der Waals surface area contributed by atoms with E-state index in [0.717, 1.165) is 5.56 Å². The number of H-pyrrole nitrogens is 1. The van der Waals surface area contributed by atoms with Crippen LogP contribution in [0.1, 0.15) is 12.0 Å². The fourth-order valence-electron chi connectivity index (χ4n) is 1.74. The van der Waals surface area contributed by atoms with Gasteiger partial charge in [-0.15, -0.1) is 0 Å². The van der Waals surface area contributed by atoms with Crippen molar-refractivity contribution in [2.24, 2.45) is 0 Å². The van der Waals surface area contributed by atoms with E-state index in [1.807, 2.05) is 0 Å².